The Bertz CT molecular complexity index is 705. The number of ether oxygens (including phenoxy) is 1. The summed E-state index contributed by atoms with van der Waals surface area (Å²) in [5.74, 6) is -0.377. The van der Waals surface area contributed by atoms with Crippen LogP contribution in [0, 0.1) is 20.8 Å². The van der Waals surface area contributed by atoms with Crippen LogP contribution in [0.3, 0.4) is 0 Å². The number of benzene rings is 2. The highest BCUT2D eigenvalue weighted by atomic mass is 16.5. The summed E-state index contributed by atoms with van der Waals surface area (Å²) in [5.41, 5.74) is 12.8. The first-order valence-electron chi connectivity index (χ1n) is 7.17. The van der Waals surface area contributed by atoms with E-state index in [-0.39, 0.29) is 5.97 Å². The van der Waals surface area contributed by atoms with Gasteiger partial charge in [0.15, 0.2) is 0 Å². The van der Waals surface area contributed by atoms with Gasteiger partial charge in [-0.1, -0.05) is 30.3 Å². The zero-order valence-corrected chi connectivity index (χ0v) is 13.4. The Morgan fingerprint density at radius 3 is 2.32 bits per heavy atom. The number of carbonyl (C=O) groups is 1. The Morgan fingerprint density at radius 2 is 1.73 bits per heavy atom. The molecule has 2 rings (SSSR count). The number of methoxy groups -OCH3 is 1. The van der Waals surface area contributed by atoms with E-state index in [2.05, 4.69) is 0 Å². The minimum Gasteiger partial charge on any atom is -0.466 e. The van der Waals surface area contributed by atoms with Crippen molar-refractivity contribution < 1.29 is 9.53 Å². The topological polar surface area (TPSA) is 52.3 Å². The second-order valence-electron chi connectivity index (χ2n) is 5.35. The van der Waals surface area contributed by atoms with E-state index in [1.54, 1.807) is 0 Å². The average molecular weight is 295 g/mol. The van der Waals surface area contributed by atoms with Gasteiger partial charge in [-0.05, 0) is 60.2 Å². The highest BCUT2D eigenvalue weighted by molar-refractivity contribution is 5.98. The van der Waals surface area contributed by atoms with Gasteiger partial charge in [-0.15, -0.1) is 0 Å². The van der Waals surface area contributed by atoms with E-state index in [0.717, 1.165) is 39.1 Å². The third kappa shape index (κ3) is 3.03. The van der Waals surface area contributed by atoms with E-state index in [1.165, 1.54) is 13.2 Å². The lowest BCUT2D eigenvalue weighted by molar-refractivity contribution is -0.134. The molecule has 2 N–H and O–H groups in total. The van der Waals surface area contributed by atoms with Gasteiger partial charge in [0, 0.05) is 11.8 Å². The van der Waals surface area contributed by atoms with Crippen molar-refractivity contribution in [2.75, 3.05) is 12.8 Å². The molecule has 0 aromatic heterocycles. The van der Waals surface area contributed by atoms with Gasteiger partial charge in [0.1, 0.15) is 0 Å². The van der Waals surface area contributed by atoms with Gasteiger partial charge >= 0.3 is 5.97 Å². The van der Waals surface area contributed by atoms with E-state index in [9.17, 15) is 4.79 Å². The Hall–Kier alpha value is -2.55. The van der Waals surface area contributed by atoms with Crippen molar-refractivity contribution >= 4 is 17.2 Å². The maximum absolute atomic E-state index is 11.8. The zero-order valence-electron chi connectivity index (χ0n) is 13.4. The van der Waals surface area contributed by atoms with Crippen LogP contribution in [0.2, 0.25) is 0 Å². The molecule has 0 amide bonds. The third-order valence-electron chi connectivity index (χ3n) is 3.96. The largest absolute Gasteiger partial charge is 0.466 e. The first-order valence-corrected chi connectivity index (χ1v) is 7.17. The van der Waals surface area contributed by atoms with Crippen LogP contribution in [0.4, 0.5) is 5.69 Å². The number of aryl methyl sites for hydroxylation is 1. The Morgan fingerprint density at radius 1 is 1.09 bits per heavy atom. The van der Waals surface area contributed by atoms with Gasteiger partial charge < -0.3 is 10.5 Å². The fourth-order valence-electron chi connectivity index (χ4n) is 2.57. The van der Waals surface area contributed by atoms with Crippen LogP contribution in [0.25, 0.3) is 5.57 Å². The first kappa shape index (κ1) is 15.8. The van der Waals surface area contributed by atoms with Gasteiger partial charge in [0.05, 0.1) is 7.11 Å². The number of esters is 1. The average Bonchev–Trinajstić information content (AvgIpc) is 2.52. The molecule has 0 unspecified atom stereocenters. The fourth-order valence-corrected chi connectivity index (χ4v) is 2.57. The Balaban J connectivity index is 2.77. The number of anilines is 1. The van der Waals surface area contributed by atoms with Gasteiger partial charge in [-0.2, -0.15) is 0 Å². The summed E-state index contributed by atoms with van der Waals surface area (Å²) < 4.78 is 4.82. The molecule has 2 aromatic rings. The molecule has 0 aliphatic rings. The Kier molecular flexibility index (Phi) is 4.66. The second kappa shape index (κ2) is 6.48. The number of hydrogen-bond acceptors (Lipinski definition) is 3. The summed E-state index contributed by atoms with van der Waals surface area (Å²) in [4.78, 5) is 11.8. The van der Waals surface area contributed by atoms with Crippen LogP contribution in [0.5, 0.6) is 0 Å². The maximum Gasteiger partial charge on any atom is 0.331 e. The molecule has 3 heteroatoms. The highest BCUT2D eigenvalue weighted by Crippen LogP contribution is 2.33. The molecule has 0 saturated heterocycles. The van der Waals surface area contributed by atoms with E-state index >= 15 is 0 Å². The molecular weight excluding hydrogens is 274 g/mol. The lowest BCUT2D eigenvalue weighted by atomic mass is 9.87. The summed E-state index contributed by atoms with van der Waals surface area (Å²) in [6.07, 6.45) is 1.53. The molecule has 0 heterocycles. The lowest BCUT2D eigenvalue weighted by Crippen LogP contribution is -2.04. The van der Waals surface area contributed by atoms with Crippen molar-refractivity contribution in [1.29, 1.82) is 0 Å². The van der Waals surface area contributed by atoms with E-state index in [4.69, 9.17) is 10.5 Å². The molecule has 0 aliphatic heterocycles. The molecule has 114 valence electrons. The smallest absolute Gasteiger partial charge is 0.331 e. The molecule has 0 saturated carbocycles. The van der Waals surface area contributed by atoms with Crippen molar-refractivity contribution in [1.82, 2.24) is 0 Å². The molecule has 0 spiro atoms. The van der Waals surface area contributed by atoms with E-state index in [1.807, 2.05) is 57.2 Å². The molecular formula is C19H21NO2. The maximum atomic E-state index is 11.8. The van der Waals surface area contributed by atoms with Crippen LogP contribution in [0.15, 0.2) is 42.5 Å². The molecule has 0 atom stereocenters. The van der Waals surface area contributed by atoms with Gasteiger partial charge in [-0.3, -0.25) is 0 Å². The van der Waals surface area contributed by atoms with Gasteiger partial charge in [-0.25, -0.2) is 4.79 Å². The standard InChI is InChI=1S/C19H21NO2/c1-12-10-17(20)14(3)19(13(12)2)16(11-18(21)22-4)15-8-6-5-7-9-15/h5-11H,20H2,1-4H3/b16-11+. The van der Waals surface area contributed by atoms with Crippen LogP contribution in [-0.4, -0.2) is 13.1 Å². The highest BCUT2D eigenvalue weighted by Gasteiger charge is 2.16. The summed E-state index contributed by atoms with van der Waals surface area (Å²) in [7, 11) is 1.38. The summed E-state index contributed by atoms with van der Waals surface area (Å²) in [6, 6.07) is 11.8. The second-order valence-corrected chi connectivity index (χ2v) is 5.35. The molecule has 0 aliphatic carbocycles. The molecule has 2 aromatic carbocycles. The molecule has 22 heavy (non-hydrogen) atoms. The third-order valence-corrected chi connectivity index (χ3v) is 3.96. The number of hydrogen-bond donors (Lipinski definition) is 1. The van der Waals surface area contributed by atoms with Crippen molar-refractivity contribution in [2.24, 2.45) is 0 Å². The van der Waals surface area contributed by atoms with Crippen LogP contribution in [0.1, 0.15) is 27.8 Å². The van der Waals surface area contributed by atoms with E-state index < -0.39 is 0 Å². The number of nitrogen functional groups attached to an aromatic ring is 1. The van der Waals surface area contributed by atoms with Crippen LogP contribution < -0.4 is 5.73 Å². The monoisotopic (exact) mass is 295 g/mol. The van der Waals surface area contributed by atoms with Crippen molar-refractivity contribution in [3.63, 3.8) is 0 Å². The van der Waals surface area contributed by atoms with Crippen molar-refractivity contribution in [3.05, 3.63) is 70.3 Å². The molecule has 0 bridgehead atoms. The van der Waals surface area contributed by atoms with Crippen LogP contribution >= 0.6 is 0 Å². The fraction of sp³-hybridized carbons (Fsp3) is 0.211. The SMILES string of the molecule is COC(=O)/C=C(\c1ccccc1)c1c(C)c(C)cc(N)c1C. The summed E-state index contributed by atoms with van der Waals surface area (Å²) >= 11 is 0. The molecule has 0 fully saturated rings. The lowest BCUT2D eigenvalue weighted by Gasteiger charge is -2.18. The minimum atomic E-state index is -0.377. The summed E-state index contributed by atoms with van der Waals surface area (Å²) in [6.45, 7) is 6.05. The van der Waals surface area contributed by atoms with Crippen molar-refractivity contribution in [3.8, 4) is 0 Å². The predicted molar refractivity (Wildman–Crippen MR) is 90.6 cm³/mol. The first-order chi connectivity index (χ1) is 10.5. The normalized spacial score (nSPS) is 11.4. The Labute approximate surface area is 131 Å². The van der Waals surface area contributed by atoms with Crippen molar-refractivity contribution in [2.45, 2.75) is 20.8 Å². The quantitative estimate of drug-likeness (QED) is 0.532. The van der Waals surface area contributed by atoms with Gasteiger partial charge in [0.25, 0.3) is 0 Å². The predicted octanol–water partition coefficient (Wildman–Crippen LogP) is 3.80. The van der Waals surface area contributed by atoms with Gasteiger partial charge in [0.2, 0.25) is 0 Å². The zero-order chi connectivity index (χ0) is 16.3. The number of nitrogens with two attached hydrogens (primary N) is 1. The summed E-state index contributed by atoms with van der Waals surface area (Å²) in [5, 5.41) is 0. The minimum absolute atomic E-state index is 0.377. The van der Waals surface area contributed by atoms with E-state index in [0.29, 0.717) is 0 Å². The number of rotatable bonds is 3. The molecule has 0 radical (unpaired) electrons. The van der Waals surface area contributed by atoms with Crippen LogP contribution in [-0.2, 0) is 9.53 Å². The molecule has 3 nitrogen and oxygen atoms in total. The number of carbonyl (C=O) groups excluding carboxylic acids is 1.